The molecule has 1 aromatic heterocycles. The van der Waals surface area contributed by atoms with Gasteiger partial charge < -0.3 is 19.4 Å². The Bertz CT molecular complexity index is 891. The average molecular weight is 442 g/mol. The molecule has 1 atom stereocenters. The first-order valence-electron chi connectivity index (χ1n) is 11.6. The molecule has 32 heavy (non-hydrogen) atoms. The molecule has 174 valence electrons. The van der Waals surface area contributed by atoms with Crippen LogP contribution in [-0.4, -0.2) is 61.4 Å². The van der Waals surface area contributed by atoms with E-state index in [-0.39, 0.29) is 17.7 Å². The number of nitrogens with zero attached hydrogens (tertiary/aromatic N) is 2. The number of piperidine rings is 1. The summed E-state index contributed by atoms with van der Waals surface area (Å²) in [5, 5.41) is 2.91. The Balaban J connectivity index is 1.49. The minimum Gasteiger partial charge on any atom is -0.496 e. The SMILES string of the molecule is CCN(CC)C(=O)C1CCCN(Cc2ccc(C(=O)NCCc3ccccc3OC)o2)C1. The maximum atomic E-state index is 12.7. The Morgan fingerprint density at radius 2 is 1.97 bits per heavy atom. The zero-order valence-corrected chi connectivity index (χ0v) is 19.4. The van der Waals surface area contributed by atoms with E-state index in [2.05, 4.69) is 10.2 Å². The van der Waals surface area contributed by atoms with Crippen LogP contribution in [0, 0.1) is 5.92 Å². The zero-order valence-electron chi connectivity index (χ0n) is 19.4. The molecule has 7 nitrogen and oxygen atoms in total. The van der Waals surface area contributed by atoms with Crippen LogP contribution in [0.15, 0.2) is 40.8 Å². The van der Waals surface area contributed by atoms with Crippen molar-refractivity contribution >= 4 is 11.8 Å². The van der Waals surface area contributed by atoms with Crippen LogP contribution in [0.2, 0.25) is 0 Å². The van der Waals surface area contributed by atoms with Gasteiger partial charge >= 0.3 is 0 Å². The van der Waals surface area contributed by atoms with Gasteiger partial charge in [0.25, 0.3) is 5.91 Å². The molecule has 1 fully saturated rings. The van der Waals surface area contributed by atoms with Crippen molar-refractivity contribution < 1.29 is 18.7 Å². The highest BCUT2D eigenvalue weighted by molar-refractivity contribution is 5.91. The van der Waals surface area contributed by atoms with Crippen LogP contribution in [0.5, 0.6) is 5.75 Å². The van der Waals surface area contributed by atoms with Gasteiger partial charge in [0, 0.05) is 26.2 Å². The van der Waals surface area contributed by atoms with E-state index in [1.807, 2.05) is 49.1 Å². The quantitative estimate of drug-likeness (QED) is 0.612. The molecule has 1 aromatic carbocycles. The summed E-state index contributed by atoms with van der Waals surface area (Å²) in [6.07, 6.45) is 2.61. The number of furan rings is 1. The molecule has 1 aliphatic heterocycles. The summed E-state index contributed by atoms with van der Waals surface area (Å²) in [5.74, 6) is 1.94. The number of nitrogens with one attached hydrogen (secondary N) is 1. The molecule has 3 rings (SSSR count). The molecule has 2 heterocycles. The lowest BCUT2D eigenvalue weighted by atomic mass is 9.96. The van der Waals surface area contributed by atoms with Gasteiger partial charge in [0.2, 0.25) is 5.91 Å². The van der Waals surface area contributed by atoms with E-state index in [0.29, 0.717) is 25.3 Å². The number of para-hydroxylation sites is 1. The van der Waals surface area contributed by atoms with Crippen LogP contribution in [0.1, 0.15) is 48.6 Å². The van der Waals surface area contributed by atoms with Gasteiger partial charge in [0.05, 0.1) is 19.6 Å². The van der Waals surface area contributed by atoms with Crippen LogP contribution in [0.3, 0.4) is 0 Å². The van der Waals surface area contributed by atoms with Gasteiger partial charge in [-0.3, -0.25) is 14.5 Å². The lowest BCUT2D eigenvalue weighted by Crippen LogP contribution is -2.44. The minimum absolute atomic E-state index is 0.0383. The number of ether oxygens (including phenoxy) is 1. The van der Waals surface area contributed by atoms with E-state index in [0.717, 1.165) is 56.1 Å². The third kappa shape index (κ3) is 6.13. The molecular formula is C25H35N3O4. The van der Waals surface area contributed by atoms with E-state index in [1.54, 1.807) is 13.2 Å². The highest BCUT2D eigenvalue weighted by Crippen LogP contribution is 2.22. The summed E-state index contributed by atoms with van der Waals surface area (Å²) in [5.41, 5.74) is 1.05. The fourth-order valence-corrected chi connectivity index (χ4v) is 4.31. The molecule has 2 amide bonds. The lowest BCUT2D eigenvalue weighted by Gasteiger charge is -2.34. The van der Waals surface area contributed by atoms with Gasteiger partial charge in [-0.1, -0.05) is 18.2 Å². The van der Waals surface area contributed by atoms with Gasteiger partial charge in [-0.05, 0) is 63.4 Å². The van der Waals surface area contributed by atoms with Crippen molar-refractivity contribution in [2.45, 2.75) is 39.7 Å². The summed E-state index contributed by atoms with van der Waals surface area (Å²) < 4.78 is 11.2. The van der Waals surface area contributed by atoms with Gasteiger partial charge in [-0.2, -0.15) is 0 Å². The number of hydrogen-bond donors (Lipinski definition) is 1. The third-order valence-corrected chi connectivity index (χ3v) is 6.07. The number of likely N-dealkylation sites (tertiary alicyclic amines) is 1. The van der Waals surface area contributed by atoms with Crippen LogP contribution >= 0.6 is 0 Å². The second-order valence-electron chi connectivity index (χ2n) is 8.17. The number of carbonyl (C=O) groups excluding carboxylic acids is 2. The van der Waals surface area contributed by atoms with Crippen molar-refractivity contribution in [1.82, 2.24) is 15.1 Å². The molecule has 0 spiro atoms. The molecule has 0 saturated carbocycles. The van der Waals surface area contributed by atoms with Crippen molar-refractivity contribution in [3.05, 3.63) is 53.5 Å². The Labute approximate surface area is 190 Å². The molecule has 2 aromatic rings. The van der Waals surface area contributed by atoms with Crippen LogP contribution in [-0.2, 0) is 17.8 Å². The third-order valence-electron chi connectivity index (χ3n) is 6.07. The monoisotopic (exact) mass is 441 g/mol. The number of carbonyl (C=O) groups is 2. The maximum Gasteiger partial charge on any atom is 0.287 e. The molecule has 0 aliphatic carbocycles. The topological polar surface area (TPSA) is 75.0 Å². The van der Waals surface area contributed by atoms with Crippen LogP contribution in [0.4, 0.5) is 0 Å². The highest BCUT2D eigenvalue weighted by atomic mass is 16.5. The van der Waals surface area contributed by atoms with Crippen LogP contribution < -0.4 is 10.1 Å². The normalized spacial score (nSPS) is 16.5. The lowest BCUT2D eigenvalue weighted by molar-refractivity contribution is -0.137. The largest absolute Gasteiger partial charge is 0.496 e. The molecular weight excluding hydrogens is 406 g/mol. The van der Waals surface area contributed by atoms with Crippen molar-refractivity contribution in [2.75, 3.05) is 39.8 Å². The number of methoxy groups -OCH3 is 1. The summed E-state index contributed by atoms with van der Waals surface area (Å²) in [6, 6.07) is 11.4. The summed E-state index contributed by atoms with van der Waals surface area (Å²) >= 11 is 0. The zero-order chi connectivity index (χ0) is 22.9. The second kappa shape index (κ2) is 11.7. The molecule has 0 bridgehead atoms. The first-order valence-corrected chi connectivity index (χ1v) is 11.6. The van der Waals surface area contributed by atoms with Crippen molar-refractivity contribution in [3.63, 3.8) is 0 Å². The molecule has 1 unspecified atom stereocenters. The highest BCUT2D eigenvalue weighted by Gasteiger charge is 2.28. The smallest absolute Gasteiger partial charge is 0.287 e. The molecule has 1 saturated heterocycles. The average Bonchev–Trinajstić information content (AvgIpc) is 3.28. The van der Waals surface area contributed by atoms with Crippen molar-refractivity contribution in [1.29, 1.82) is 0 Å². The number of amides is 2. The van der Waals surface area contributed by atoms with E-state index in [4.69, 9.17) is 9.15 Å². The number of hydrogen-bond acceptors (Lipinski definition) is 5. The number of benzene rings is 1. The Morgan fingerprint density at radius 1 is 1.19 bits per heavy atom. The fourth-order valence-electron chi connectivity index (χ4n) is 4.31. The summed E-state index contributed by atoms with van der Waals surface area (Å²) in [4.78, 5) is 29.3. The second-order valence-corrected chi connectivity index (χ2v) is 8.17. The van der Waals surface area contributed by atoms with Gasteiger partial charge in [-0.25, -0.2) is 0 Å². The summed E-state index contributed by atoms with van der Waals surface area (Å²) in [7, 11) is 1.64. The number of rotatable bonds is 10. The molecule has 7 heteroatoms. The van der Waals surface area contributed by atoms with Gasteiger partial charge in [0.1, 0.15) is 11.5 Å². The van der Waals surface area contributed by atoms with E-state index in [9.17, 15) is 9.59 Å². The fraction of sp³-hybridized carbons (Fsp3) is 0.520. The van der Waals surface area contributed by atoms with Crippen molar-refractivity contribution in [3.8, 4) is 5.75 Å². The summed E-state index contributed by atoms with van der Waals surface area (Å²) in [6.45, 7) is 8.31. The molecule has 1 N–H and O–H groups in total. The first kappa shape index (κ1) is 23.9. The van der Waals surface area contributed by atoms with E-state index in [1.165, 1.54) is 0 Å². The Morgan fingerprint density at radius 3 is 2.72 bits per heavy atom. The minimum atomic E-state index is -0.223. The Kier molecular flexibility index (Phi) is 8.73. The molecule has 1 aliphatic rings. The van der Waals surface area contributed by atoms with Gasteiger partial charge in [-0.15, -0.1) is 0 Å². The first-order chi connectivity index (χ1) is 15.5. The molecule has 0 radical (unpaired) electrons. The van der Waals surface area contributed by atoms with E-state index < -0.39 is 0 Å². The van der Waals surface area contributed by atoms with Gasteiger partial charge in [0.15, 0.2) is 5.76 Å². The Hall–Kier alpha value is -2.80. The van der Waals surface area contributed by atoms with E-state index >= 15 is 0 Å². The van der Waals surface area contributed by atoms with Crippen LogP contribution in [0.25, 0.3) is 0 Å². The predicted octanol–water partition coefficient (Wildman–Crippen LogP) is 3.34. The van der Waals surface area contributed by atoms with Crippen molar-refractivity contribution in [2.24, 2.45) is 5.92 Å². The standard InChI is InChI=1S/C25H35N3O4/c1-4-28(5-2)25(30)20-10-8-16-27(17-20)18-21-12-13-23(32-21)24(29)26-15-14-19-9-6-7-11-22(19)31-3/h6-7,9,11-13,20H,4-5,8,10,14-18H2,1-3H3,(H,26,29). The maximum absolute atomic E-state index is 12.7. The predicted molar refractivity (Wildman–Crippen MR) is 124 cm³/mol.